The molecular formula is C29H21I2NO7. The number of aromatic carboxylic acids is 1. The number of hydrogen-bond donors (Lipinski definition) is 2. The number of rotatable bonds is 5. The quantitative estimate of drug-likeness (QED) is 0.281. The Bertz CT molecular complexity index is 1480. The summed E-state index contributed by atoms with van der Waals surface area (Å²) in [6.07, 6.45) is -0.709. The van der Waals surface area contributed by atoms with Gasteiger partial charge in [-0.3, -0.25) is 9.59 Å². The van der Waals surface area contributed by atoms with Crippen LogP contribution in [0.25, 0.3) is 0 Å². The predicted octanol–water partition coefficient (Wildman–Crippen LogP) is 4.91. The number of anilines is 1. The normalized spacial score (nSPS) is 24.4. The minimum Gasteiger partial charge on any atom is -0.478 e. The van der Waals surface area contributed by atoms with Crippen molar-refractivity contribution in [2.45, 2.75) is 24.4 Å². The number of benzene rings is 3. The van der Waals surface area contributed by atoms with E-state index in [1.54, 1.807) is 0 Å². The Labute approximate surface area is 250 Å². The molecule has 0 aromatic heterocycles. The average molecular weight is 749 g/mol. The molecule has 3 aliphatic carbocycles. The highest BCUT2D eigenvalue weighted by Gasteiger charge is 2.56. The van der Waals surface area contributed by atoms with Crippen LogP contribution in [0.15, 0.2) is 60.7 Å². The zero-order valence-corrected chi connectivity index (χ0v) is 24.5. The van der Waals surface area contributed by atoms with Gasteiger partial charge in [-0.1, -0.05) is 48.5 Å². The van der Waals surface area contributed by atoms with Gasteiger partial charge in [0.05, 0.1) is 29.7 Å². The lowest BCUT2D eigenvalue weighted by molar-refractivity contribution is -0.166. The molecule has 3 atom stereocenters. The summed E-state index contributed by atoms with van der Waals surface area (Å²) in [5.41, 5.74) is 4.51. The Balaban J connectivity index is 1.45. The van der Waals surface area contributed by atoms with Gasteiger partial charge in [-0.2, -0.15) is 0 Å². The van der Waals surface area contributed by atoms with Crippen LogP contribution in [-0.4, -0.2) is 41.6 Å². The molecule has 198 valence electrons. The fraction of sp³-hybridized carbons (Fsp3) is 0.241. The van der Waals surface area contributed by atoms with Gasteiger partial charge in [-0.25, -0.2) is 9.59 Å². The molecule has 2 N–H and O–H groups in total. The van der Waals surface area contributed by atoms with Crippen LogP contribution in [0.4, 0.5) is 5.69 Å². The predicted molar refractivity (Wildman–Crippen MR) is 156 cm³/mol. The van der Waals surface area contributed by atoms with Gasteiger partial charge in [-0.05, 0) is 79.6 Å². The number of carboxylic acids is 1. The number of esters is 2. The summed E-state index contributed by atoms with van der Waals surface area (Å²) in [4.78, 5) is 51.7. The van der Waals surface area contributed by atoms with Gasteiger partial charge in [0.1, 0.15) is 0 Å². The first kappa shape index (κ1) is 26.2. The molecule has 4 aliphatic rings. The Morgan fingerprint density at radius 3 is 1.85 bits per heavy atom. The highest BCUT2D eigenvalue weighted by Crippen LogP contribution is 2.59. The molecule has 0 saturated carbocycles. The third-order valence-electron chi connectivity index (χ3n) is 7.70. The minimum absolute atomic E-state index is 0.117. The molecule has 1 aliphatic heterocycles. The molecule has 8 nitrogen and oxygen atoms in total. The van der Waals surface area contributed by atoms with Gasteiger partial charge < -0.3 is 19.9 Å². The summed E-state index contributed by atoms with van der Waals surface area (Å²) in [5.74, 6) is -5.16. The SMILES string of the molecule is O=C(O)c1cc(I)c(NC(=O)C2C3c4ccccc4C(c4ccccc43)C2C(=O)OC2CCOC2=O)c(I)c1. The van der Waals surface area contributed by atoms with E-state index in [4.69, 9.17) is 9.47 Å². The summed E-state index contributed by atoms with van der Waals surface area (Å²) in [6.45, 7) is 0.187. The van der Waals surface area contributed by atoms with Crippen molar-refractivity contribution in [2.24, 2.45) is 11.8 Å². The van der Waals surface area contributed by atoms with Crippen LogP contribution in [-0.2, 0) is 23.9 Å². The Hall–Kier alpha value is -3.00. The molecule has 3 aromatic rings. The number of carbonyl (C=O) groups is 4. The first-order chi connectivity index (χ1) is 18.8. The highest BCUT2D eigenvalue weighted by atomic mass is 127. The number of carboxylic acid groups (broad SMARTS) is 1. The minimum atomic E-state index is -1.06. The lowest BCUT2D eigenvalue weighted by atomic mass is 9.54. The van der Waals surface area contributed by atoms with E-state index in [2.05, 4.69) is 5.32 Å². The first-order valence-corrected chi connectivity index (χ1v) is 14.5. The second-order valence-corrected chi connectivity index (χ2v) is 12.1. The van der Waals surface area contributed by atoms with Gasteiger partial charge in [0, 0.05) is 25.4 Å². The monoisotopic (exact) mass is 749 g/mol. The van der Waals surface area contributed by atoms with Crippen LogP contribution in [0.2, 0.25) is 0 Å². The van der Waals surface area contributed by atoms with Gasteiger partial charge in [-0.15, -0.1) is 0 Å². The topological polar surface area (TPSA) is 119 Å². The molecular weight excluding hydrogens is 728 g/mol. The van der Waals surface area contributed by atoms with Crippen molar-refractivity contribution in [2.75, 3.05) is 11.9 Å². The van der Waals surface area contributed by atoms with Crippen molar-refractivity contribution in [3.05, 3.63) is 95.6 Å². The molecule has 1 fully saturated rings. The second-order valence-electron chi connectivity index (χ2n) is 9.76. The summed E-state index contributed by atoms with van der Waals surface area (Å²) >= 11 is 4.00. The zero-order chi connectivity index (χ0) is 27.4. The molecule has 1 saturated heterocycles. The molecule has 10 heteroatoms. The second kappa shape index (κ2) is 10.2. The maximum atomic E-state index is 14.2. The maximum absolute atomic E-state index is 14.2. The summed E-state index contributed by atoms with van der Waals surface area (Å²) in [6, 6.07) is 18.6. The average Bonchev–Trinajstić information content (AvgIpc) is 3.33. The van der Waals surface area contributed by atoms with E-state index in [0.29, 0.717) is 12.8 Å². The van der Waals surface area contributed by atoms with Crippen molar-refractivity contribution in [1.29, 1.82) is 0 Å². The number of amides is 1. The standard InChI is InChI=1S/C29H21I2NO7/c30-18-11-13(27(34)35)12-19(31)25(18)32-26(33)23-21-14-5-1-3-7-16(14)22(17-8-4-2-6-15(17)21)24(23)29(37)39-20-9-10-38-28(20)36/h1-8,11-12,20-24H,9-10H2,(H,32,33)(H,34,35). The third kappa shape index (κ3) is 4.41. The zero-order valence-electron chi connectivity index (χ0n) is 20.2. The third-order valence-corrected chi connectivity index (χ3v) is 9.40. The molecule has 1 heterocycles. The number of nitrogens with one attached hydrogen (secondary N) is 1. The number of cyclic esters (lactones) is 1. The van der Waals surface area contributed by atoms with Crippen LogP contribution in [0.1, 0.15) is 50.9 Å². The fourth-order valence-corrected chi connectivity index (χ4v) is 8.14. The van der Waals surface area contributed by atoms with Gasteiger partial charge in [0.15, 0.2) is 0 Å². The van der Waals surface area contributed by atoms with Gasteiger partial charge in [0.2, 0.25) is 12.0 Å². The fourth-order valence-electron chi connectivity index (χ4n) is 6.10. The van der Waals surface area contributed by atoms with Gasteiger partial charge >= 0.3 is 17.9 Å². The summed E-state index contributed by atoms with van der Waals surface area (Å²) < 4.78 is 11.8. The Morgan fingerprint density at radius 2 is 1.38 bits per heavy atom. The first-order valence-electron chi connectivity index (χ1n) is 12.3. The number of carbonyl (C=O) groups excluding carboxylic acids is 3. The van der Waals surface area contributed by atoms with Crippen LogP contribution in [0.5, 0.6) is 0 Å². The van der Waals surface area contributed by atoms with Crippen molar-refractivity contribution in [1.82, 2.24) is 0 Å². The summed E-state index contributed by atoms with van der Waals surface area (Å²) in [5, 5.41) is 12.4. The van der Waals surface area contributed by atoms with Crippen molar-refractivity contribution in [3.63, 3.8) is 0 Å². The molecule has 39 heavy (non-hydrogen) atoms. The van der Waals surface area contributed by atoms with Crippen LogP contribution < -0.4 is 5.32 Å². The van der Waals surface area contributed by atoms with Crippen molar-refractivity contribution >= 4 is 74.7 Å². The number of ether oxygens (including phenoxy) is 2. The molecule has 0 spiro atoms. The Morgan fingerprint density at radius 1 is 0.872 bits per heavy atom. The molecule has 1 amide bonds. The summed E-state index contributed by atoms with van der Waals surface area (Å²) in [7, 11) is 0. The molecule has 3 aromatic carbocycles. The lowest BCUT2D eigenvalue weighted by Gasteiger charge is -2.48. The van der Waals surface area contributed by atoms with E-state index in [1.807, 2.05) is 93.7 Å². The number of hydrogen-bond acceptors (Lipinski definition) is 6. The Kier molecular flexibility index (Phi) is 6.86. The number of fused-ring (bicyclic) bond motifs is 1. The largest absolute Gasteiger partial charge is 0.478 e. The van der Waals surface area contributed by atoms with Crippen LogP contribution >= 0.6 is 45.2 Å². The van der Waals surface area contributed by atoms with E-state index in [1.165, 1.54) is 12.1 Å². The van der Waals surface area contributed by atoms with E-state index < -0.39 is 47.7 Å². The van der Waals surface area contributed by atoms with E-state index in [9.17, 15) is 24.3 Å². The van der Waals surface area contributed by atoms with E-state index in [0.717, 1.165) is 22.3 Å². The number of halogens is 2. The van der Waals surface area contributed by atoms with E-state index >= 15 is 0 Å². The van der Waals surface area contributed by atoms with Crippen molar-refractivity contribution < 1.29 is 33.8 Å². The smallest absolute Gasteiger partial charge is 0.347 e. The van der Waals surface area contributed by atoms with Crippen molar-refractivity contribution in [3.8, 4) is 0 Å². The van der Waals surface area contributed by atoms with E-state index in [-0.39, 0.29) is 24.5 Å². The highest BCUT2D eigenvalue weighted by molar-refractivity contribution is 14.1. The lowest BCUT2D eigenvalue weighted by Crippen LogP contribution is -2.49. The maximum Gasteiger partial charge on any atom is 0.347 e. The van der Waals surface area contributed by atoms with Crippen LogP contribution in [0.3, 0.4) is 0 Å². The van der Waals surface area contributed by atoms with Crippen LogP contribution in [0, 0.1) is 19.0 Å². The molecule has 3 unspecified atom stereocenters. The molecule has 0 radical (unpaired) electrons. The molecule has 2 bridgehead atoms. The molecule has 7 rings (SSSR count). The van der Waals surface area contributed by atoms with Gasteiger partial charge in [0.25, 0.3) is 0 Å².